The van der Waals surface area contributed by atoms with Crippen molar-refractivity contribution in [1.29, 1.82) is 0 Å². The number of oxazole rings is 1. The highest BCUT2D eigenvalue weighted by Gasteiger charge is 2.03. The van der Waals surface area contributed by atoms with Crippen LogP contribution in [0.3, 0.4) is 0 Å². The molecule has 0 aliphatic heterocycles. The smallest absolute Gasteiger partial charge is 0.226 e. The SMILES string of the molecule is CNc1ccc(-c2ncc(C)o2)cc1. The molecule has 0 unspecified atom stereocenters. The molecule has 0 radical (unpaired) electrons. The summed E-state index contributed by atoms with van der Waals surface area (Å²) < 4.78 is 5.41. The first-order valence-electron chi connectivity index (χ1n) is 4.50. The Morgan fingerprint density at radius 1 is 1.21 bits per heavy atom. The molecule has 0 saturated heterocycles. The summed E-state index contributed by atoms with van der Waals surface area (Å²) >= 11 is 0. The van der Waals surface area contributed by atoms with Crippen molar-refractivity contribution in [3.05, 3.63) is 36.2 Å². The van der Waals surface area contributed by atoms with Crippen LogP contribution in [-0.4, -0.2) is 12.0 Å². The van der Waals surface area contributed by atoms with Crippen LogP contribution >= 0.6 is 0 Å². The molecule has 0 aliphatic rings. The number of nitrogens with one attached hydrogen (secondary N) is 1. The predicted molar refractivity (Wildman–Crippen MR) is 56.2 cm³/mol. The molecule has 0 saturated carbocycles. The van der Waals surface area contributed by atoms with E-state index in [1.807, 2.05) is 38.2 Å². The number of rotatable bonds is 2. The zero-order valence-corrected chi connectivity index (χ0v) is 8.24. The maximum Gasteiger partial charge on any atom is 0.226 e. The van der Waals surface area contributed by atoms with Gasteiger partial charge in [-0.3, -0.25) is 0 Å². The van der Waals surface area contributed by atoms with E-state index in [2.05, 4.69) is 10.3 Å². The van der Waals surface area contributed by atoms with Gasteiger partial charge < -0.3 is 9.73 Å². The molecule has 1 N–H and O–H groups in total. The van der Waals surface area contributed by atoms with Gasteiger partial charge in [-0.15, -0.1) is 0 Å². The van der Waals surface area contributed by atoms with E-state index in [-0.39, 0.29) is 0 Å². The Morgan fingerprint density at radius 3 is 2.43 bits per heavy atom. The molecule has 1 heterocycles. The van der Waals surface area contributed by atoms with Gasteiger partial charge in [-0.1, -0.05) is 0 Å². The normalized spacial score (nSPS) is 10.1. The molecule has 0 atom stereocenters. The van der Waals surface area contributed by atoms with Gasteiger partial charge in [0, 0.05) is 18.3 Å². The first kappa shape index (κ1) is 8.81. The Labute approximate surface area is 82.8 Å². The topological polar surface area (TPSA) is 38.1 Å². The minimum Gasteiger partial charge on any atom is -0.441 e. The van der Waals surface area contributed by atoms with Gasteiger partial charge in [-0.2, -0.15) is 0 Å². The van der Waals surface area contributed by atoms with Crippen LogP contribution in [0.4, 0.5) is 5.69 Å². The lowest BCUT2D eigenvalue weighted by Gasteiger charge is -1.99. The number of anilines is 1. The highest BCUT2D eigenvalue weighted by atomic mass is 16.4. The molecule has 3 nitrogen and oxygen atoms in total. The fourth-order valence-electron chi connectivity index (χ4n) is 1.27. The zero-order valence-electron chi connectivity index (χ0n) is 8.24. The molecule has 72 valence electrons. The summed E-state index contributed by atoms with van der Waals surface area (Å²) in [7, 11) is 1.89. The fraction of sp³-hybridized carbons (Fsp3) is 0.182. The summed E-state index contributed by atoms with van der Waals surface area (Å²) in [6.07, 6.45) is 1.72. The van der Waals surface area contributed by atoms with Gasteiger partial charge in [0.25, 0.3) is 0 Å². The Balaban J connectivity index is 2.33. The second kappa shape index (κ2) is 3.54. The highest BCUT2D eigenvalue weighted by molar-refractivity contribution is 5.58. The van der Waals surface area contributed by atoms with E-state index in [1.54, 1.807) is 6.20 Å². The second-order valence-electron chi connectivity index (χ2n) is 3.10. The second-order valence-corrected chi connectivity index (χ2v) is 3.10. The van der Waals surface area contributed by atoms with Crippen molar-refractivity contribution >= 4 is 5.69 Å². The van der Waals surface area contributed by atoms with Crippen LogP contribution in [0.5, 0.6) is 0 Å². The third kappa shape index (κ3) is 1.62. The average Bonchev–Trinajstić information content (AvgIpc) is 2.65. The van der Waals surface area contributed by atoms with E-state index in [9.17, 15) is 0 Å². The Bertz CT molecular complexity index is 417. The van der Waals surface area contributed by atoms with Crippen LogP contribution in [0.2, 0.25) is 0 Å². The minimum absolute atomic E-state index is 0.671. The molecule has 3 heteroatoms. The van der Waals surface area contributed by atoms with Crippen molar-refractivity contribution in [3.8, 4) is 11.5 Å². The number of nitrogens with zero attached hydrogens (tertiary/aromatic N) is 1. The largest absolute Gasteiger partial charge is 0.441 e. The maximum atomic E-state index is 5.41. The van der Waals surface area contributed by atoms with E-state index < -0.39 is 0 Å². The van der Waals surface area contributed by atoms with Gasteiger partial charge in [0.1, 0.15) is 5.76 Å². The van der Waals surface area contributed by atoms with Crippen LogP contribution in [0.25, 0.3) is 11.5 Å². The first-order chi connectivity index (χ1) is 6.79. The average molecular weight is 188 g/mol. The van der Waals surface area contributed by atoms with Gasteiger partial charge >= 0.3 is 0 Å². The summed E-state index contributed by atoms with van der Waals surface area (Å²) in [5.41, 5.74) is 2.08. The van der Waals surface area contributed by atoms with Gasteiger partial charge in [0.15, 0.2) is 0 Å². The third-order valence-electron chi connectivity index (χ3n) is 2.04. The number of hydrogen-bond acceptors (Lipinski definition) is 3. The predicted octanol–water partition coefficient (Wildman–Crippen LogP) is 2.69. The van der Waals surface area contributed by atoms with Crippen molar-refractivity contribution in [2.75, 3.05) is 12.4 Å². The lowest BCUT2D eigenvalue weighted by Crippen LogP contribution is -1.86. The molecule has 2 aromatic rings. The molecular formula is C11H12N2O. The Hall–Kier alpha value is -1.77. The van der Waals surface area contributed by atoms with Gasteiger partial charge in [-0.05, 0) is 31.2 Å². The molecule has 0 amide bonds. The van der Waals surface area contributed by atoms with Crippen molar-refractivity contribution in [1.82, 2.24) is 4.98 Å². The van der Waals surface area contributed by atoms with Crippen molar-refractivity contribution < 1.29 is 4.42 Å². The van der Waals surface area contributed by atoms with Crippen LogP contribution in [-0.2, 0) is 0 Å². The third-order valence-corrected chi connectivity index (χ3v) is 2.04. The van der Waals surface area contributed by atoms with Crippen molar-refractivity contribution in [2.24, 2.45) is 0 Å². The quantitative estimate of drug-likeness (QED) is 0.787. The van der Waals surface area contributed by atoms with Crippen molar-refractivity contribution in [3.63, 3.8) is 0 Å². The van der Waals surface area contributed by atoms with Crippen molar-refractivity contribution in [2.45, 2.75) is 6.92 Å². The summed E-state index contributed by atoms with van der Waals surface area (Å²) in [5.74, 6) is 1.50. The first-order valence-corrected chi connectivity index (χ1v) is 4.50. The lowest BCUT2D eigenvalue weighted by molar-refractivity contribution is 0.542. The molecule has 1 aromatic heterocycles. The number of hydrogen-bond donors (Lipinski definition) is 1. The number of benzene rings is 1. The molecule has 0 bridgehead atoms. The Kier molecular flexibility index (Phi) is 2.23. The van der Waals surface area contributed by atoms with Gasteiger partial charge in [-0.25, -0.2) is 4.98 Å². The van der Waals surface area contributed by atoms with E-state index in [0.717, 1.165) is 17.0 Å². The molecule has 0 fully saturated rings. The molecular weight excluding hydrogens is 176 g/mol. The van der Waals surface area contributed by atoms with E-state index in [4.69, 9.17) is 4.42 Å². The number of aryl methyl sites for hydroxylation is 1. The number of aromatic nitrogens is 1. The minimum atomic E-state index is 0.671. The molecule has 2 rings (SSSR count). The van der Waals surface area contributed by atoms with E-state index in [1.165, 1.54) is 0 Å². The summed E-state index contributed by atoms with van der Waals surface area (Å²) in [5, 5.41) is 3.06. The fourth-order valence-corrected chi connectivity index (χ4v) is 1.27. The lowest BCUT2D eigenvalue weighted by atomic mass is 10.2. The summed E-state index contributed by atoms with van der Waals surface area (Å²) in [4.78, 5) is 4.15. The van der Waals surface area contributed by atoms with Crippen LogP contribution in [0.15, 0.2) is 34.9 Å². The van der Waals surface area contributed by atoms with E-state index >= 15 is 0 Å². The zero-order chi connectivity index (χ0) is 9.97. The van der Waals surface area contributed by atoms with Crippen LogP contribution < -0.4 is 5.32 Å². The van der Waals surface area contributed by atoms with E-state index in [0.29, 0.717) is 5.89 Å². The summed E-state index contributed by atoms with van der Waals surface area (Å²) in [6, 6.07) is 7.96. The van der Waals surface area contributed by atoms with Gasteiger partial charge in [0.2, 0.25) is 5.89 Å². The maximum absolute atomic E-state index is 5.41. The van der Waals surface area contributed by atoms with Crippen LogP contribution in [0, 0.1) is 6.92 Å². The molecule has 0 spiro atoms. The van der Waals surface area contributed by atoms with Crippen LogP contribution in [0.1, 0.15) is 5.76 Å². The monoisotopic (exact) mass is 188 g/mol. The molecule has 0 aliphatic carbocycles. The standard InChI is InChI=1S/C11H12N2O/c1-8-7-13-11(14-8)9-3-5-10(12-2)6-4-9/h3-7,12H,1-2H3. The molecule has 14 heavy (non-hydrogen) atoms. The highest BCUT2D eigenvalue weighted by Crippen LogP contribution is 2.20. The molecule has 1 aromatic carbocycles. The Morgan fingerprint density at radius 2 is 1.93 bits per heavy atom. The summed E-state index contributed by atoms with van der Waals surface area (Å²) in [6.45, 7) is 1.89. The van der Waals surface area contributed by atoms with Gasteiger partial charge in [0.05, 0.1) is 6.20 Å².